The van der Waals surface area contributed by atoms with Crippen molar-refractivity contribution < 1.29 is 23.2 Å². The number of benzene rings is 1. The van der Waals surface area contributed by atoms with Gasteiger partial charge in [-0.3, -0.25) is 9.18 Å². The van der Waals surface area contributed by atoms with Crippen molar-refractivity contribution in [3.05, 3.63) is 47.4 Å². The zero-order chi connectivity index (χ0) is 20.4. The van der Waals surface area contributed by atoms with E-state index in [2.05, 4.69) is 0 Å². The second-order valence-corrected chi connectivity index (χ2v) is 8.85. The molecule has 1 fully saturated rings. The standard InChI is InChI=1S/C22H30BFO4/c1-20(2)21(3,4)28-23(27-20)18-10-12-22(13-11-18,14-15-24)19(25)26-16-17-8-6-5-7-9-17/h5-10H,11-16H2,1-4H3/t22-/m1/s1. The van der Waals surface area contributed by atoms with E-state index in [-0.39, 0.29) is 19.0 Å². The largest absolute Gasteiger partial charge is 0.490 e. The SMILES string of the molecule is CC1(C)OB(C2=CC[C@@](CCF)(C(=O)OCc3ccccc3)CC2)OC1(C)C. The monoisotopic (exact) mass is 388 g/mol. The molecule has 0 amide bonds. The van der Waals surface area contributed by atoms with Gasteiger partial charge in [-0.05, 0) is 64.4 Å². The molecule has 28 heavy (non-hydrogen) atoms. The molecular weight excluding hydrogens is 358 g/mol. The predicted octanol–water partition coefficient (Wildman–Crippen LogP) is 4.82. The average molecular weight is 388 g/mol. The lowest BCUT2D eigenvalue weighted by Gasteiger charge is -2.34. The fraction of sp³-hybridized carbons (Fsp3) is 0.591. The van der Waals surface area contributed by atoms with Crippen LogP contribution in [0.25, 0.3) is 0 Å². The normalized spacial score (nSPS) is 26.0. The molecule has 0 saturated carbocycles. The third-order valence-corrected chi connectivity index (χ3v) is 6.42. The molecule has 6 heteroatoms. The van der Waals surface area contributed by atoms with Gasteiger partial charge in [-0.15, -0.1) is 0 Å². The van der Waals surface area contributed by atoms with Crippen molar-refractivity contribution in [3.8, 4) is 0 Å². The van der Waals surface area contributed by atoms with Crippen LogP contribution < -0.4 is 0 Å². The number of hydrogen-bond acceptors (Lipinski definition) is 4. The van der Waals surface area contributed by atoms with Gasteiger partial charge in [0.2, 0.25) is 0 Å². The summed E-state index contributed by atoms with van der Waals surface area (Å²) in [5, 5.41) is 0. The summed E-state index contributed by atoms with van der Waals surface area (Å²) in [5.74, 6) is -0.321. The molecule has 1 saturated heterocycles. The summed E-state index contributed by atoms with van der Waals surface area (Å²) < 4.78 is 31.1. The van der Waals surface area contributed by atoms with Crippen LogP contribution in [0.1, 0.15) is 58.9 Å². The van der Waals surface area contributed by atoms with E-state index in [0.717, 1.165) is 11.0 Å². The van der Waals surface area contributed by atoms with Crippen LogP contribution in [0.2, 0.25) is 0 Å². The zero-order valence-electron chi connectivity index (χ0n) is 17.3. The summed E-state index contributed by atoms with van der Waals surface area (Å²) in [7, 11) is -0.409. The van der Waals surface area contributed by atoms with Crippen molar-refractivity contribution in [2.75, 3.05) is 6.67 Å². The van der Waals surface area contributed by atoms with Gasteiger partial charge in [-0.25, -0.2) is 0 Å². The van der Waals surface area contributed by atoms with Crippen molar-refractivity contribution in [3.63, 3.8) is 0 Å². The summed E-state index contributed by atoms with van der Waals surface area (Å²) in [6, 6.07) is 9.54. The molecule has 0 aromatic heterocycles. The molecule has 1 aliphatic heterocycles. The van der Waals surface area contributed by atoms with E-state index < -0.39 is 30.4 Å². The summed E-state index contributed by atoms with van der Waals surface area (Å²) >= 11 is 0. The second kappa shape index (κ2) is 8.00. The molecule has 1 aromatic rings. The highest BCUT2D eigenvalue weighted by Crippen LogP contribution is 2.44. The molecule has 1 aromatic carbocycles. The number of rotatable bonds is 6. The van der Waals surface area contributed by atoms with Crippen LogP contribution in [0.4, 0.5) is 4.39 Å². The van der Waals surface area contributed by atoms with Gasteiger partial charge in [-0.1, -0.05) is 36.4 Å². The Morgan fingerprint density at radius 1 is 1.14 bits per heavy atom. The van der Waals surface area contributed by atoms with E-state index in [1.165, 1.54) is 0 Å². The first-order chi connectivity index (χ1) is 13.2. The Morgan fingerprint density at radius 2 is 1.79 bits per heavy atom. The molecule has 0 bridgehead atoms. The number of esters is 1. The zero-order valence-corrected chi connectivity index (χ0v) is 17.3. The Hall–Kier alpha value is -1.66. The minimum Gasteiger partial charge on any atom is -0.460 e. The fourth-order valence-corrected chi connectivity index (χ4v) is 3.69. The third-order valence-electron chi connectivity index (χ3n) is 6.42. The lowest BCUT2D eigenvalue weighted by Crippen LogP contribution is -2.41. The molecule has 4 nitrogen and oxygen atoms in total. The average Bonchev–Trinajstić information content (AvgIpc) is 2.88. The van der Waals surface area contributed by atoms with Crippen LogP contribution in [0, 0.1) is 5.41 Å². The minimum absolute atomic E-state index is 0.174. The highest BCUT2D eigenvalue weighted by molar-refractivity contribution is 6.54. The molecule has 1 atom stereocenters. The summed E-state index contributed by atoms with van der Waals surface area (Å²) in [4.78, 5) is 12.8. The number of hydrogen-bond donors (Lipinski definition) is 0. The molecule has 2 aliphatic rings. The van der Waals surface area contributed by atoms with Gasteiger partial charge in [0.05, 0.1) is 23.3 Å². The first kappa shape index (κ1) is 21.1. The van der Waals surface area contributed by atoms with Crippen molar-refractivity contribution in [1.82, 2.24) is 0 Å². The van der Waals surface area contributed by atoms with Crippen LogP contribution >= 0.6 is 0 Å². The van der Waals surface area contributed by atoms with E-state index >= 15 is 0 Å². The number of carbonyl (C=O) groups excluding carboxylic acids is 1. The van der Waals surface area contributed by atoms with Gasteiger partial charge in [0.25, 0.3) is 0 Å². The Labute approximate surface area is 167 Å². The van der Waals surface area contributed by atoms with Crippen molar-refractivity contribution in [2.24, 2.45) is 5.41 Å². The lowest BCUT2D eigenvalue weighted by atomic mass is 9.64. The second-order valence-electron chi connectivity index (χ2n) is 8.85. The van der Waals surface area contributed by atoms with Crippen LogP contribution in [0.15, 0.2) is 41.9 Å². The molecule has 1 aliphatic carbocycles. The lowest BCUT2D eigenvalue weighted by molar-refractivity contribution is -0.158. The van der Waals surface area contributed by atoms with Gasteiger partial charge in [0.1, 0.15) is 6.61 Å². The number of allylic oxidation sites excluding steroid dienone is 2. The summed E-state index contributed by atoms with van der Waals surface area (Å²) in [6.07, 6.45) is 3.79. The summed E-state index contributed by atoms with van der Waals surface area (Å²) in [6.45, 7) is 7.74. The molecule has 0 unspecified atom stereocenters. The molecule has 0 N–H and O–H groups in total. The van der Waals surface area contributed by atoms with Gasteiger partial charge in [-0.2, -0.15) is 0 Å². The molecule has 0 spiro atoms. The van der Waals surface area contributed by atoms with Gasteiger partial charge in [0, 0.05) is 0 Å². The first-order valence-corrected chi connectivity index (χ1v) is 10.0. The number of halogens is 1. The Balaban J connectivity index is 1.67. The minimum atomic E-state index is -0.809. The maximum Gasteiger partial charge on any atom is 0.490 e. The molecule has 152 valence electrons. The smallest absolute Gasteiger partial charge is 0.460 e. The molecule has 0 radical (unpaired) electrons. The van der Waals surface area contributed by atoms with Crippen LogP contribution in [0.5, 0.6) is 0 Å². The van der Waals surface area contributed by atoms with E-state index in [0.29, 0.717) is 19.3 Å². The van der Waals surface area contributed by atoms with Crippen molar-refractivity contribution in [1.29, 1.82) is 0 Å². The Morgan fingerprint density at radius 3 is 2.32 bits per heavy atom. The van der Waals surface area contributed by atoms with E-state index in [9.17, 15) is 9.18 Å². The van der Waals surface area contributed by atoms with E-state index in [4.69, 9.17) is 14.0 Å². The highest BCUT2D eigenvalue weighted by Gasteiger charge is 2.53. The Kier molecular flexibility index (Phi) is 6.01. The first-order valence-electron chi connectivity index (χ1n) is 10.0. The number of carbonyl (C=O) groups is 1. The van der Waals surface area contributed by atoms with E-state index in [1.807, 2.05) is 64.1 Å². The number of ether oxygens (including phenoxy) is 1. The third kappa shape index (κ3) is 4.18. The molecular formula is C22H30BFO4. The van der Waals surface area contributed by atoms with Crippen molar-refractivity contribution >= 4 is 13.1 Å². The molecule has 1 heterocycles. The topological polar surface area (TPSA) is 44.8 Å². The molecule has 3 rings (SSSR count). The summed E-state index contributed by atoms with van der Waals surface area (Å²) in [5.41, 5.74) is 0.345. The number of alkyl halides is 1. The highest BCUT2D eigenvalue weighted by atomic mass is 19.1. The van der Waals surface area contributed by atoms with Gasteiger partial charge < -0.3 is 14.0 Å². The fourth-order valence-electron chi connectivity index (χ4n) is 3.69. The quantitative estimate of drug-likeness (QED) is 0.518. The Bertz CT molecular complexity index is 715. The van der Waals surface area contributed by atoms with Crippen LogP contribution in [0.3, 0.4) is 0 Å². The maximum atomic E-state index is 13.3. The van der Waals surface area contributed by atoms with Gasteiger partial charge >= 0.3 is 13.1 Å². The van der Waals surface area contributed by atoms with Crippen LogP contribution in [-0.2, 0) is 25.4 Å². The maximum absolute atomic E-state index is 13.3. The predicted molar refractivity (Wildman–Crippen MR) is 107 cm³/mol. The van der Waals surface area contributed by atoms with Gasteiger partial charge in [0.15, 0.2) is 0 Å². The van der Waals surface area contributed by atoms with E-state index in [1.54, 1.807) is 0 Å². The van der Waals surface area contributed by atoms with Crippen LogP contribution in [-0.4, -0.2) is 31.0 Å². The van der Waals surface area contributed by atoms with Crippen molar-refractivity contribution in [2.45, 2.75) is 71.2 Å².